The van der Waals surface area contributed by atoms with E-state index in [9.17, 15) is 0 Å². The van der Waals surface area contributed by atoms with Gasteiger partial charge in [0.1, 0.15) is 12.9 Å². The van der Waals surface area contributed by atoms with Gasteiger partial charge in [0.05, 0.1) is 25.4 Å². The van der Waals surface area contributed by atoms with Crippen LogP contribution in [0.4, 0.5) is 0 Å². The van der Waals surface area contributed by atoms with E-state index < -0.39 is 0 Å². The van der Waals surface area contributed by atoms with Crippen LogP contribution in [0.15, 0.2) is 64.3 Å². The number of benzene rings is 1. The molecule has 0 radical (unpaired) electrons. The quantitative estimate of drug-likeness (QED) is 0.302. The van der Waals surface area contributed by atoms with E-state index in [4.69, 9.17) is 13.9 Å². The molecule has 0 aliphatic heterocycles. The van der Waals surface area contributed by atoms with Gasteiger partial charge in [0.2, 0.25) is 11.8 Å². The molecule has 2 aromatic heterocycles. The van der Waals surface area contributed by atoms with Crippen LogP contribution in [-0.2, 0) is 17.8 Å². The third kappa shape index (κ3) is 6.31. The van der Waals surface area contributed by atoms with E-state index in [1.54, 1.807) is 19.6 Å². The number of rotatable bonds is 10. The minimum Gasteiger partial charge on any atom is -0.475 e. The number of oxazole rings is 1. The van der Waals surface area contributed by atoms with E-state index in [1.165, 1.54) is 0 Å². The monoisotopic (exact) mass is 409 g/mol. The highest BCUT2D eigenvalue weighted by atomic mass is 16.5. The van der Waals surface area contributed by atoms with Gasteiger partial charge in [-0.05, 0) is 25.1 Å². The molecule has 0 bridgehead atoms. The minimum absolute atomic E-state index is 0.430. The zero-order chi connectivity index (χ0) is 21.0. The molecule has 8 nitrogen and oxygen atoms in total. The second-order valence-corrected chi connectivity index (χ2v) is 6.37. The summed E-state index contributed by atoms with van der Waals surface area (Å²) < 4.78 is 16.3. The Morgan fingerprint density at radius 2 is 1.97 bits per heavy atom. The Morgan fingerprint density at radius 1 is 1.10 bits per heavy atom. The first-order valence-corrected chi connectivity index (χ1v) is 9.87. The lowest BCUT2D eigenvalue weighted by Gasteiger charge is -2.11. The van der Waals surface area contributed by atoms with E-state index in [1.807, 2.05) is 49.4 Å². The van der Waals surface area contributed by atoms with Crippen molar-refractivity contribution < 1.29 is 13.9 Å². The number of aromatic nitrogens is 2. The number of hydrogen-bond acceptors (Lipinski definition) is 6. The summed E-state index contributed by atoms with van der Waals surface area (Å²) in [4.78, 5) is 13.5. The van der Waals surface area contributed by atoms with Crippen LogP contribution in [0.2, 0.25) is 0 Å². The van der Waals surface area contributed by atoms with Gasteiger partial charge in [-0.15, -0.1) is 0 Å². The van der Waals surface area contributed by atoms with Crippen LogP contribution in [-0.4, -0.2) is 42.8 Å². The van der Waals surface area contributed by atoms with Gasteiger partial charge in [-0.1, -0.05) is 24.3 Å². The van der Waals surface area contributed by atoms with Gasteiger partial charge in [-0.2, -0.15) is 0 Å². The normalized spacial score (nSPS) is 11.3. The highest BCUT2D eigenvalue weighted by molar-refractivity contribution is 5.79. The molecule has 0 amide bonds. The van der Waals surface area contributed by atoms with Crippen molar-refractivity contribution in [3.63, 3.8) is 0 Å². The van der Waals surface area contributed by atoms with Crippen molar-refractivity contribution in [1.29, 1.82) is 0 Å². The summed E-state index contributed by atoms with van der Waals surface area (Å²) in [7, 11) is 1.64. The zero-order valence-corrected chi connectivity index (χ0v) is 17.3. The summed E-state index contributed by atoms with van der Waals surface area (Å²) in [5.74, 6) is 1.84. The minimum atomic E-state index is 0.430. The Morgan fingerprint density at radius 3 is 2.77 bits per heavy atom. The van der Waals surface area contributed by atoms with Crippen LogP contribution in [0.25, 0.3) is 11.5 Å². The number of guanidine groups is 1. The lowest BCUT2D eigenvalue weighted by Crippen LogP contribution is -2.36. The Balaban J connectivity index is 1.61. The molecule has 3 aromatic rings. The predicted molar refractivity (Wildman–Crippen MR) is 115 cm³/mol. The van der Waals surface area contributed by atoms with Crippen molar-refractivity contribution in [3.8, 4) is 17.3 Å². The third-order valence-corrected chi connectivity index (χ3v) is 4.14. The van der Waals surface area contributed by atoms with E-state index in [0.29, 0.717) is 44.0 Å². The molecule has 8 heteroatoms. The molecule has 158 valence electrons. The average Bonchev–Trinajstić information content (AvgIpc) is 3.26. The predicted octanol–water partition coefficient (Wildman–Crippen LogP) is 3.02. The van der Waals surface area contributed by atoms with Crippen molar-refractivity contribution in [1.82, 2.24) is 20.6 Å². The van der Waals surface area contributed by atoms with Crippen molar-refractivity contribution in [2.75, 3.05) is 26.9 Å². The van der Waals surface area contributed by atoms with Gasteiger partial charge in [0.25, 0.3) is 0 Å². The lowest BCUT2D eigenvalue weighted by molar-refractivity contribution is 0.143. The summed E-state index contributed by atoms with van der Waals surface area (Å²) in [6.45, 7) is 4.63. The number of hydrogen-bond donors (Lipinski definition) is 2. The summed E-state index contributed by atoms with van der Waals surface area (Å²) in [6.07, 6.45) is 3.36. The molecule has 1 aromatic carbocycles. The van der Waals surface area contributed by atoms with Crippen LogP contribution < -0.4 is 15.4 Å². The molecule has 0 saturated heterocycles. The summed E-state index contributed by atoms with van der Waals surface area (Å²) in [5, 5.41) is 6.51. The van der Waals surface area contributed by atoms with Gasteiger partial charge in [-0.3, -0.25) is 0 Å². The first-order chi connectivity index (χ1) is 14.8. The van der Waals surface area contributed by atoms with Gasteiger partial charge >= 0.3 is 0 Å². The maximum Gasteiger partial charge on any atom is 0.226 e. The fraction of sp³-hybridized carbons (Fsp3) is 0.318. The van der Waals surface area contributed by atoms with Crippen LogP contribution in [0.3, 0.4) is 0 Å². The highest BCUT2D eigenvalue weighted by Gasteiger charge is 2.08. The fourth-order valence-corrected chi connectivity index (χ4v) is 2.68. The number of methoxy groups -OCH3 is 1. The van der Waals surface area contributed by atoms with Crippen LogP contribution in [0, 0.1) is 0 Å². The molecule has 0 saturated carbocycles. The largest absolute Gasteiger partial charge is 0.475 e. The van der Waals surface area contributed by atoms with Crippen molar-refractivity contribution in [3.05, 3.63) is 66.2 Å². The number of pyridine rings is 1. The molecule has 0 atom stereocenters. The van der Waals surface area contributed by atoms with Crippen LogP contribution in [0.5, 0.6) is 5.88 Å². The number of ether oxygens (including phenoxy) is 2. The first-order valence-electron chi connectivity index (χ1n) is 9.87. The van der Waals surface area contributed by atoms with E-state index in [0.717, 1.165) is 23.4 Å². The van der Waals surface area contributed by atoms with Gasteiger partial charge < -0.3 is 24.5 Å². The van der Waals surface area contributed by atoms with Crippen molar-refractivity contribution >= 4 is 5.96 Å². The van der Waals surface area contributed by atoms with Gasteiger partial charge in [-0.25, -0.2) is 15.0 Å². The third-order valence-electron chi connectivity index (χ3n) is 4.14. The average molecular weight is 409 g/mol. The molecular weight excluding hydrogens is 382 g/mol. The fourth-order valence-electron chi connectivity index (χ4n) is 2.68. The maximum atomic E-state index is 5.68. The molecule has 2 heterocycles. The molecule has 30 heavy (non-hydrogen) atoms. The number of nitrogens with one attached hydrogen (secondary N) is 2. The molecule has 0 unspecified atom stereocenters. The standard InChI is InChI=1S/C22H27N5O3/c1-3-23-22(25-14-18-10-7-11-24-20(18)29-13-12-28-2)26-15-19-16-30-21(27-19)17-8-5-4-6-9-17/h4-11,16H,3,12-15H2,1-2H3,(H2,23,25,26). The first kappa shape index (κ1) is 21.3. The van der Waals surface area contributed by atoms with Crippen LogP contribution in [0.1, 0.15) is 18.2 Å². The number of nitrogens with zero attached hydrogens (tertiary/aromatic N) is 3. The Bertz CT molecular complexity index is 927. The highest BCUT2D eigenvalue weighted by Crippen LogP contribution is 2.18. The second-order valence-electron chi connectivity index (χ2n) is 6.37. The topological polar surface area (TPSA) is 93.8 Å². The van der Waals surface area contributed by atoms with Gasteiger partial charge in [0.15, 0.2) is 5.96 Å². The summed E-state index contributed by atoms with van der Waals surface area (Å²) in [6, 6.07) is 13.6. The van der Waals surface area contributed by atoms with E-state index in [2.05, 4.69) is 25.6 Å². The number of aliphatic imine (C=N–C) groups is 1. The Kier molecular flexibility index (Phi) is 8.23. The molecule has 0 aliphatic carbocycles. The summed E-state index contributed by atoms with van der Waals surface area (Å²) >= 11 is 0. The van der Waals surface area contributed by atoms with Crippen molar-refractivity contribution in [2.24, 2.45) is 4.99 Å². The smallest absolute Gasteiger partial charge is 0.226 e. The molecule has 0 spiro atoms. The second kappa shape index (κ2) is 11.6. The molecule has 0 fully saturated rings. The molecular formula is C22H27N5O3. The van der Waals surface area contributed by atoms with E-state index >= 15 is 0 Å². The Hall–Kier alpha value is -3.39. The molecule has 2 N–H and O–H groups in total. The zero-order valence-electron chi connectivity index (χ0n) is 17.3. The van der Waals surface area contributed by atoms with E-state index in [-0.39, 0.29) is 0 Å². The SMILES string of the molecule is CCNC(=NCc1cccnc1OCCOC)NCc1coc(-c2ccccc2)n1. The lowest BCUT2D eigenvalue weighted by atomic mass is 10.2. The van der Waals surface area contributed by atoms with Crippen molar-refractivity contribution in [2.45, 2.75) is 20.0 Å². The molecule has 3 rings (SSSR count). The Labute approximate surface area is 176 Å². The maximum absolute atomic E-state index is 5.68. The van der Waals surface area contributed by atoms with Crippen LogP contribution >= 0.6 is 0 Å². The van der Waals surface area contributed by atoms with Gasteiger partial charge in [0, 0.05) is 31.0 Å². The summed E-state index contributed by atoms with van der Waals surface area (Å²) in [5.41, 5.74) is 2.64. The molecule has 0 aliphatic rings.